The molecular formula is C31H59NO3. The van der Waals surface area contributed by atoms with E-state index in [0.29, 0.717) is 6.42 Å². The number of amides is 1. The van der Waals surface area contributed by atoms with Gasteiger partial charge in [0, 0.05) is 6.42 Å². The number of aliphatic hydroxyl groups excluding tert-OH is 2. The highest BCUT2D eigenvalue weighted by Crippen LogP contribution is 2.12. The number of hydrogen-bond acceptors (Lipinski definition) is 3. The van der Waals surface area contributed by atoms with Gasteiger partial charge < -0.3 is 15.5 Å². The summed E-state index contributed by atoms with van der Waals surface area (Å²) < 4.78 is 0. The Morgan fingerprint density at radius 3 is 1.66 bits per heavy atom. The monoisotopic (exact) mass is 493 g/mol. The quantitative estimate of drug-likeness (QED) is 0.0840. The Kier molecular flexibility index (Phi) is 26.6. The van der Waals surface area contributed by atoms with Gasteiger partial charge in [-0.15, -0.1) is 0 Å². The average molecular weight is 494 g/mol. The van der Waals surface area contributed by atoms with E-state index in [4.69, 9.17) is 0 Å². The summed E-state index contributed by atoms with van der Waals surface area (Å²) in [6, 6.07) is -0.630. The molecule has 0 aromatic heterocycles. The van der Waals surface area contributed by atoms with E-state index < -0.39 is 12.1 Å². The highest BCUT2D eigenvalue weighted by Gasteiger charge is 2.17. The number of aliphatic hydroxyl groups is 2. The molecular weight excluding hydrogens is 434 g/mol. The van der Waals surface area contributed by atoms with Crippen LogP contribution in [0.15, 0.2) is 24.3 Å². The van der Waals surface area contributed by atoms with Gasteiger partial charge in [-0.25, -0.2) is 0 Å². The molecule has 4 nitrogen and oxygen atoms in total. The van der Waals surface area contributed by atoms with E-state index >= 15 is 0 Å². The lowest BCUT2D eigenvalue weighted by Crippen LogP contribution is -2.45. The maximum atomic E-state index is 12.2. The molecule has 0 aromatic rings. The second kappa shape index (κ2) is 27.5. The Morgan fingerprint density at radius 1 is 0.657 bits per heavy atom. The van der Waals surface area contributed by atoms with Gasteiger partial charge in [0.05, 0.1) is 18.8 Å². The zero-order valence-corrected chi connectivity index (χ0v) is 23.3. The molecule has 35 heavy (non-hydrogen) atoms. The number of carbonyl (C=O) groups excluding carboxylic acids is 1. The number of nitrogens with one attached hydrogen (secondary N) is 1. The van der Waals surface area contributed by atoms with Crippen LogP contribution in [-0.4, -0.2) is 34.9 Å². The van der Waals surface area contributed by atoms with Crippen molar-refractivity contribution >= 4 is 5.91 Å². The number of hydrogen-bond donors (Lipinski definition) is 3. The first-order valence-corrected chi connectivity index (χ1v) is 15.1. The molecule has 2 unspecified atom stereocenters. The van der Waals surface area contributed by atoms with Crippen molar-refractivity contribution in [3.8, 4) is 0 Å². The lowest BCUT2D eigenvalue weighted by molar-refractivity contribution is -0.123. The molecule has 0 spiro atoms. The molecule has 2 atom stereocenters. The van der Waals surface area contributed by atoms with Crippen LogP contribution in [0, 0.1) is 0 Å². The Balaban J connectivity index is 3.75. The van der Waals surface area contributed by atoms with Gasteiger partial charge in [-0.05, 0) is 32.1 Å². The van der Waals surface area contributed by atoms with Gasteiger partial charge in [0.1, 0.15) is 0 Å². The number of carbonyl (C=O) groups is 1. The molecule has 0 aromatic carbocycles. The van der Waals surface area contributed by atoms with Crippen LogP contribution < -0.4 is 5.32 Å². The molecule has 0 heterocycles. The van der Waals surface area contributed by atoms with Crippen LogP contribution in [-0.2, 0) is 4.79 Å². The van der Waals surface area contributed by atoms with E-state index in [2.05, 4.69) is 31.3 Å². The van der Waals surface area contributed by atoms with Gasteiger partial charge in [0.25, 0.3) is 0 Å². The fraction of sp³-hybridized carbons (Fsp3) is 0.839. The molecule has 0 aliphatic rings. The highest BCUT2D eigenvalue weighted by atomic mass is 16.3. The molecule has 0 bridgehead atoms. The molecule has 3 N–H and O–H groups in total. The zero-order chi connectivity index (χ0) is 25.8. The standard InChI is InChI=1S/C31H59NO3/c1-3-5-7-9-11-13-15-16-17-18-20-22-24-26-30(34)29(28-33)32-31(35)27-25-23-21-19-14-12-10-8-6-4-2/h17-18,24,26,29-30,33-34H,3-16,19-23,25,27-28H2,1-2H3,(H,32,35)/b18-17+,26-24+. The summed E-state index contributed by atoms with van der Waals surface area (Å²) >= 11 is 0. The summed E-state index contributed by atoms with van der Waals surface area (Å²) in [7, 11) is 0. The molecule has 0 radical (unpaired) electrons. The Bertz CT molecular complexity index is 503. The van der Waals surface area contributed by atoms with Crippen molar-refractivity contribution < 1.29 is 15.0 Å². The topological polar surface area (TPSA) is 69.6 Å². The van der Waals surface area contributed by atoms with E-state index in [0.717, 1.165) is 32.1 Å². The SMILES string of the molecule is CCCCCCCCC/C=C/CC/C=C/C(O)C(CO)NC(=O)CCCCCCCCCCCC. The third-order valence-corrected chi connectivity index (χ3v) is 6.69. The third kappa shape index (κ3) is 24.3. The first-order chi connectivity index (χ1) is 17.2. The number of rotatable bonds is 26. The van der Waals surface area contributed by atoms with Crippen LogP contribution in [0.3, 0.4) is 0 Å². The van der Waals surface area contributed by atoms with Gasteiger partial charge in [-0.2, -0.15) is 0 Å². The largest absolute Gasteiger partial charge is 0.394 e. The second-order valence-electron chi connectivity index (χ2n) is 10.2. The van der Waals surface area contributed by atoms with Crippen molar-refractivity contribution in [1.29, 1.82) is 0 Å². The van der Waals surface area contributed by atoms with Gasteiger partial charge in [0.2, 0.25) is 5.91 Å². The summed E-state index contributed by atoms with van der Waals surface area (Å²) in [6.07, 6.45) is 32.5. The number of allylic oxidation sites excluding steroid dienone is 3. The highest BCUT2D eigenvalue weighted by molar-refractivity contribution is 5.76. The van der Waals surface area contributed by atoms with E-state index in [-0.39, 0.29) is 12.5 Å². The van der Waals surface area contributed by atoms with Crippen LogP contribution in [0.2, 0.25) is 0 Å². The molecule has 0 aliphatic heterocycles. The molecule has 1 amide bonds. The van der Waals surface area contributed by atoms with Crippen LogP contribution in [0.5, 0.6) is 0 Å². The first-order valence-electron chi connectivity index (χ1n) is 15.1. The molecule has 4 heteroatoms. The maximum Gasteiger partial charge on any atom is 0.220 e. The van der Waals surface area contributed by atoms with Gasteiger partial charge in [0.15, 0.2) is 0 Å². The fourth-order valence-electron chi connectivity index (χ4n) is 4.31. The molecule has 0 saturated heterocycles. The molecule has 0 aliphatic carbocycles. The third-order valence-electron chi connectivity index (χ3n) is 6.69. The zero-order valence-electron chi connectivity index (χ0n) is 23.3. The summed E-state index contributed by atoms with van der Waals surface area (Å²) in [5, 5.41) is 22.7. The summed E-state index contributed by atoms with van der Waals surface area (Å²) in [4.78, 5) is 12.2. The molecule has 0 rings (SSSR count). The minimum absolute atomic E-state index is 0.0793. The van der Waals surface area contributed by atoms with Crippen molar-refractivity contribution in [3.63, 3.8) is 0 Å². The first kappa shape index (κ1) is 33.9. The van der Waals surface area contributed by atoms with Crippen LogP contribution >= 0.6 is 0 Å². The van der Waals surface area contributed by atoms with Crippen molar-refractivity contribution in [2.75, 3.05) is 6.61 Å². The van der Waals surface area contributed by atoms with Crippen molar-refractivity contribution in [1.82, 2.24) is 5.32 Å². The normalized spacial score (nSPS) is 13.6. The van der Waals surface area contributed by atoms with E-state index in [9.17, 15) is 15.0 Å². The number of unbranched alkanes of at least 4 members (excludes halogenated alkanes) is 17. The molecule has 0 saturated carbocycles. The van der Waals surface area contributed by atoms with E-state index in [1.54, 1.807) is 6.08 Å². The lowest BCUT2D eigenvalue weighted by atomic mass is 10.1. The van der Waals surface area contributed by atoms with Crippen molar-refractivity contribution in [3.05, 3.63) is 24.3 Å². The average Bonchev–Trinajstić information content (AvgIpc) is 2.86. The van der Waals surface area contributed by atoms with Crippen LogP contribution in [0.25, 0.3) is 0 Å². The van der Waals surface area contributed by atoms with Gasteiger partial charge in [-0.1, -0.05) is 134 Å². The summed E-state index contributed by atoms with van der Waals surface area (Å²) in [6.45, 7) is 4.24. The Labute approximate surface area is 218 Å². The van der Waals surface area contributed by atoms with Crippen LogP contribution in [0.4, 0.5) is 0 Å². The molecule has 206 valence electrons. The van der Waals surface area contributed by atoms with E-state index in [1.807, 2.05) is 6.08 Å². The van der Waals surface area contributed by atoms with Crippen molar-refractivity contribution in [2.45, 2.75) is 161 Å². The van der Waals surface area contributed by atoms with Crippen LogP contribution in [0.1, 0.15) is 149 Å². The fourth-order valence-corrected chi connectivity index (χ4v) is 4.31. The predicted molar refractivity (Wildman–Crippen MR) is 152 cm³/mol. The maximum absolute atomic E-state index is 12.2. The van der Waals surface area contributed by atoms with Gasteiger partial charge in [-0.3, -0.25) is 4.79 Å². The smallest absolute Gasteiger partial charge is 0.220 e. The predicted octanol–water partition coefficient (Wildman–Crippen LogP) is 8.17. The lowest BCUT2D eigenvalue weighted by Gasteiger charge is -2.19. The van der Waals surface area contributed by atoms with E-state index in [1.165, 1.54) is 96.3 Å². The summed E-state index contributed by atoms with van der Waals surface area (Å²) in [5.41, 5.74) is 0. The van der Waals surface area contributed by atoms with Crippen molar-refractivity contribution in [2.24, 2.45) is 0 Å². The Hall–Kier alpha value is -1.13. The Morgan fingerprint density at radius 2 is 1.11 bits per heavy atom. The molecule has 0 fully saturated rings. The summed E-state index contributed by atoms with van der Waals surface area (Å²) in [5.74, 6) is -0.0793. The minimum Gasteiger partial charge on any atom is -0.394 e. The minimum atomic E-state index is -0.853. The second-order valence-corrected chi connectivity index (χ2v) is 10.2. The van der Waals surface area contributed by atoms with Gasteiger partial charge >= 0.3 is 0 Å².